The van der Waals surface area contributed by atoms with E-state index in [0.29, 0.717) is 0 Å². The van der Waals surface area contributed by atoms with Crippen LogP contribution in [-0.2, 0) is 16.5 Å². The van der Waals surface area contributed by atoms with Gasteiger partial charge in [0, 0.05) is 5.56 Å². The Morgan fingerprint density at radius 2 is 1.90 bits per heavy atom. The fourth-order valence-electron chi connectivity index (χ4n) is 1.61. The molecule has 0 heterocycles. The molecule has 0 spiro atoms. The molecule has 10 heteroatoms. The Kier molecular flexibility index (Phi) is 4.72. The first kappa shape index (κ1) is 17.1. The summed E-state index contributed by atoms with van der Waals surface area (Å²) in [7, 11) is -4.81. The SMILES string of the molecule is CCc1c(C(=O)O)ccc(OS(=O)(=O)C(F)(F)F)c1OC. The molecule has 0 fully saturated rings. The Hall–Kier alpha value is -1.97. The number of carboxylic acid groups (broad SMARTS) is 1. The maximum atomic E-state index is 12.3. The molecule has 0 bridgehead atoms. The van der Waals surface area contributed by atoms with Crippen molar-refractivity contribution in [3.63, 3.8) is 0 Å². The lowest BCUT2D eigenvalue weighted by Crippen LogP contribution is -2.28. The molecule has 1 aromatic rings. The minimum atomic E-state index is -5.87. The van der Waals surface area contributed by atoms with Crippen LogP contribution in [0.4, 0.5) is 13.2 Å². The first-order valence-corrected chi connectivity index (χ1v) is 6.89. The molecule has 1 aromatic carbocycles. The van der Waals surface area contributed by atoms with Crippen molar-refractivity contribution < 1.29 is 40.4 Å². The molecule has 0 radical (unpaired) electrons. The Morgan fingerprint density at radius 1 is 1.33 bits per heavy atom. The van der Waals surface area contributed by atoms with Gasteiger partial charge in [0.15, 0.2) is 11.5 Å². The van der Waals surface area contributed by atoms with Gasteiger partial charge < -0.3 is 14.0 Å². The van der Waals surface area contributed by atoms with Crippen molar-refractivity contribution in [2.75, 3.05) is 7.11 Å². The molecular weight excluding hydrogens is 317 g/mol. The first-order chi connectivity index (χ1) is 9.55. The van der Waals surface area contributed by atoms with Gasteiger partial charge in [-0.3, -0.25) is 0 Å². The van der Waals surface area contributed by atoms with Gasteiger partial charge in [0.25, 0.3) is 0 Å². The lowest BCUT2D eigenvalue weighted by molar-refractivity contribution is -0.0500. The second kappa shape index (κ2) is 5.80. The van der Waals surface area contributed by atoms with Gasteiger partial charge in [-0.2, -0.15) is 21.6 Å². The zero-order valence-electron chi connectivity index (χ0n) is 10.9. The Labute approximate surface area is 118 Å². The lowest BCUT2D eigenvalue weighted by atomic mass is 10.0. The van der Waals surface area contributed by atoms with Crippen LogP contribution in [0.15, 0.2) is 12.1 Å². The van der Waals surface area contributed by atoms with E-state index in [0.717, 1.165) is 19.2 Å². The smallest absolute Gasteiger partial charge is 0.492 e. The van der Waals surface area contributed by atoms with E-state index in [1.165, 1.54) is 6.92 Å². The molecule has 21 heavy (non-hydrogen) atoms. The summed E-state index contributed by atoms with van der Waals surface area (Å²) in [4.78, 5) is 11.0. The van der Waals surface area contributed by atoms with Gasteiger partial charge in [0.1, 0.15) is 0 Å². The third kappa shape index (κ3) is 3.38. The molecule has 0 aliphatic rings. The fourth-order valence-corrected chi connectivity index (χ4v) is 2.07. The summed E-state index contributed by atoms with van der Waals surface area (Å²) in [6.45, 7) is 1.53. The largest absolute Gasteiger partial charge is 0.534 e. The normalized spacial score (nSPS) is 12.0. The highest BCUT2D eigenvalue weighted by atomic mass is 32.2. The monoisotopic (exact) mass is 328 g/mol. The minimum Gasteiger partial charge on any atom is -0.492 e. The minimum absolute atomic E-state index is 0.0277. The van der Waals surface area contributed by atoms with Crippen LogP contribution in [0.25, 0.3) is 0 Å². The number of hydrogen-bond donors (Lipinski definition) is 1. The number of methoxy groups -OCH3 is 1. The quantitative estimate of drug-likeness (QED) is 0.658. The molecule has 0 saturated carbocycles. The van der Waals surface area contributed by atoms with Gasteiger partial charge in [0.2, 0.25) is 0 Å². The fraction of sp³-hybridized carbons (Fsp3) is 0.364. The van der Waals surface area contributed by atoms with Crippen molar-refractivity contribution in [1.82, 2.24) is 0 Å². The van der Waals surface area contributed by atoms with E-state index >= 15 is 0 Å². The van der Waals surface area contributed by atoms with Gasteiger partial charge in [-0.1, -0.05) is 6.92 Å². The summed E-state index contributed by atoms with van der Waals surface area (Å²) in [5.41, 5.74) is -5.79. The predicted molar refractivity (Wildman–Crippen MR) is 64.9 cm³/mol. The van der Waals surface area contributed by atoms with Crippen molar-refractivity contribution >= 4 is 16.1 Å². The molecule has 0 saturated heterocycles. The van der Waals surface area contributed by atoms with Crippen molar-refractivity contribution in [2.24, 2.45) is 0 Å². The van der Waals surface area contributed by atoms with Crippen LogP contribution in [0.1, 0.15) is 22.8 Å². The number of alkyl halides is 3. The second-order valence-electron chi connectivity index (χ2n) is 3.76. The van der Waals surface area contributed by atoms with Crippen molar-refractivity contribution in [2.45, 2.75) is 18.9 Å². The van der Waals surface area contributed by atoms with Crippen LogP contribution in [0.5, 0.6) is 11.5 Å². The Morgan fingerprint density at radius 3 is 2.29 bits per heavy atom. The number of rotatable bonds is 5. The summed E-state index contributed by atoms with van der Waals surface area (Å²) in [5, 5.41) is 8.97. The summed E-state index contributed by atoms with van der Waals surface area (Å²) >= 11 is 0. The molecule has 1 rings (SSSR count). The van der Waals surface area contributed by atoms with Crippen molar-refractivity contribution in [3.05, 3.63) is 23.3 Å². The number of aromatic carboxylic acids is 1. The number of ether oxygens (including phenoxy) is 1. The van der Waals surface area contributed by atoms with Crippen molar-refractivity contribution in [1.29, 1.82) is 0 Å². The zero-order chi connectivity index (χ0) is 16.4. The van der Waals surface area contributed by atoms with Gasteiger partial charge >= 0.3 is 21.6 Å². The third-order valence-electron chi connectivity index (χ3n) is 2.50. The Balaban J connectivity index is 3.43. The number of carboxylic acids is 1. The summed E-state index contributed by atoms with van der Waals surface area (Å²) < 4.78 is 67.7. The average molecular weight is 328 g/mol. The number of carbonyl (C=O) groups is 1. The van der Waals surface area contributed by atoms with E-state index in [-0.39, 0.29) is 23.3 Å². The molecule has 0 aliphatic heterocycles. The summed E-state index contributed by atoms with van der Waals surface area (Å²) in [5.74, 6) is -2.42. The molecule has 1 N–H and O–H groups in total. The Bertz CT molecular complexity index is 651. The molecule has 0 atom stereocenters. The first-order valence-electron chi connectivity index (χ1n) is 5.49. The topological polar surface area (TPSA) is 89.9 Å². The van der Waals surface area contributed by atoms with E-state index in [4.69, 9.17) is 9.84 Å². The lowest BCUT2D eigenvalue weighted by Gasteiger charge is -2.16. The van der Waals surface area contributed by atoms with Gasteiger partial charge in [0.05, 0.1) is 12.7 Å². The predicted octanol–water partition coefficient (Wildman–Crippen LogP) is 2.18. The second-order valence-corrected chi connectivity index (χ2v) is 5.30. The highest BCUT2D eigenvalue weighted by Crippen LogP contribution is 2.37. The zero-order valence-corrected chi connectivity index (χ0v) is 11.7. The van der Waals surface area contributed by atoms with Crippen LogP contribution in [-0.4, -0.2) is 32.1 Å². The number of benzene rings is 1. The van der Waals surface area contributed by atoms with E-state index in [1.807, 2.05) is 0 Å². The van der Waals surface area contributed by atoms with Crippen LogP contribution < -0.4 is 8.92 Å². The third-order valence-corrected chi connectivity index (χ3v) is 3.46. The van der Waals surface area contributed by atoms with E-state index in [2.05, 4.69) is 4.18 Å². The highest BCUT2D eigenvalue weighted by Gasteiger charge is 2.49. The molecule has 6 nitrogen and oxygen atoms in total. The van der Waals surface area contributed by atoms with E-state index in [9.17, 15) is 26.4 Å². The van der Waals surface area contributed by atoms with Gasteiger partial charge in [-0.25, -0.2) is 4.79 Å². The molecular formula is C11H11F3O6S. The molecule has 118 valence electrons. The molecule has 0 unspecified atom stereocenters. The maximum absolute atomic E-state index is 12.3. The number of hydrogen-bond acceptors (Lipinski definition) is 5. The summed E-state index contributed by atoms with van der Waals surface area (Å²) in [6, 6.07) is 1.75. The molecule has 0 aromatic heterocycles. The highest BCUT2D eigenvalue weighted by molar-refractivity contribution is 7.88. The average Bonchev–Trinajstić information content (AvgIpc) is 2.35. The molecule has 0 amide bonds. The van der Waals surface area contributed by atoms with E-state index < -0.39 is 27.3 Å². The van der Waals surface area contributed by atoms with E-state index in [1.54, 1.807) is 0 Å². The van der Waals surface area contributed by atoms with Crippen LogP contribution in [0.3, 0.4) is 0 Å². The standard InChI is InChI=1S/C11H11F3O6S/c1-3-6-7(10(15)16)4-5-8(9(6)19-2)20-21(17,18)11(12,13)14/h4-5H,3H2,1-2H3,(H,15,16). The van der Waals surface area contributed by atoms with Crippen molar-refractivity contribution in [3.8, 4) is 11.5 Å². The van der Waals surface area contributed by atoms with Crippen LogP contribution in [0.2, 0.25) is 0 Å². The van der Waals surface area contributed by atoms with Gasteiger partial charge in [-0.15, -0.1) is 0 Å². The summed E-state index contributed by atoms with van der Waals surface area (Å²) in [6.07, 6.45) is 0.0913. The van der Waals surface area contributed by atoms with Gasteiger partial charge in [-0.05, 0) is 18.6 Å². The van der Waals surface area contributed by atoms with Crippen LogP contribution >= 0.6 is 0 Å². The van der Waals surface area contributed by atoms with Crippen LogP contribution in [0, 0.1) is 0 Å². The number of halogens is 3. The maximum Gasteiger partial charge on any atom is 0.534 e. The molecule has 0 aliphatic carbocycles.